The summed E-state index contributed by atoms with van der Waals surface area (Å²) in [5, 5.41) is 0. The topological polar surface area (TPSA) is 0 Å². The van der Waals surface area contributed by atoms with E-state index in [2.05, 4.69) is 120 Å². The van der Waals surface area contributed by atoms with E-state index < -0.39 is 0 Å². The van der Waals surface area contributed by atoms with Gasteiger partial charge in [0, 0.05) is 5.41 Å². The molecule has 0 aliphatic heterocycles. The molecule has 3 aromatic rings. The van der Waals surface area contributed by atoms with Gasteiger partial charge in [-0.2, -0.15) is 0 Å². The molecule has 0 saturated carbocycles. The van der Waals surface area contributed by atoms with Gasteiger partial charge in [0.1, 0.15) is 0 Å². The van der Waals surface area contributed by atoms with Crippen molar-refractivity contribution in [3.05, 3.63) is 118 Å². The molecule has 1 aliphatic carbocycles. The Hall–Kier alpha value is -2.86. The van der Waals surface area contributed by atoms with Gasteiger partial charge < -0.3 is 0 Å². The molecule has 0 heteroatoms. The molecular formula is C30H32. The van der Waals surface area contributed by atoms with Crippen LogP contribution in [0.1, 0.15) is 47.2 Å². The van der Waals surface area contributed by atoms with Gasteiger partial charge in [0.2, 0.25) is 0 Å². The first-order valence-electron chi connectivity index (χ1n) is 11.0. The molecule has 3 aromatic carbocycles. The minimum Gasteiger partial charge on any atom is -0.0805 e. The van der Waals surface area contributed by atoms with E-state index in [-0.39, 0.29) is 5.41 Å². The fourth-order valence-corrected chi connectivity index (χ4v) is 5.08. The van der Waals surface area contributed by atoms with Gasteiger partial charge in [-0.3, -0.25) is 0 Å². The zero-order valence-corrected chi connectivity index (χ0v) is 18.9. The molecule has 4 rings (SSSR count). The monoisotopic (exact) mass is 392 g/mol. The smallest absolute Gasteiger partial charge is 0.0173 e. The van der Waals surface area contributed by atoms with Gasteiger partial charge in [-0.15, -0.1) is 0 Å². The molecule has 0 spiro atoms. The highest BCUT2D eigenvalue weighted by molar-refractivity contribution is 5.76. The first-order valence-corrected chi connectivity index (χ1v) is 11.0. The number of benzene rings is 3. The summed E-state index contributed by atoms with van der Waals surface area (Å²) >= 11 is 0. The van der Waals surface area contributed by atoms with Crippen LogP contribution in [-0.4, -0.2) is 0 Å². The summed E-state index contributed by atoms with van der Waals surface area (Å²) < 4.78 is 0. The Kier molecular flexibility index (Phi) is 5.52. The zero-order chi connectivity index (χ0) is 21.3. The zero-order valence-electron chi connectivity index (χ0n) is 18.9. The van der Waals surface area contributed by atoms with Gasteiger partial charge >= 0.3 is 0 Å². The van der Waals surface area contributed by atoms with E-state index in [0.717, 1.165) is 6.42 Å². The first-order chi connectivity index (χ1) is 14.4. The molecule has 0 amide bonds. The lowest BCUT2D eigenvalue weighted by Gasteiger charge is -2.39. The van der Waals surface area contributed by atoms with Crippen molar-refractivity contribution in [2.45, 2.75) is 46.5 Å². The fraction of sp³-hybridized carbons (Fsp3) is 0.267. The molecule has 0 N–H and O–H groups in total. The summed E-state index contributed by atoms with van der Waals surface area (Å²) in [4.78, 5) is 0. The normalized spacial score (nSPS) is 20.5. The summed E-state index contributed by atoms with van der Waals surface area (Å²) in [7, 11) is 0. The molecule has 30 heavy (non-hydrogen) atoms. The van der Waals surface area contributed by atoms with E-state index in [4.69, 9.17) is 0 Å². The van der Waals surface area contributed by atoms with Crippen molar-refractivity contribution < 1.29 is 0 Å². The van der Waals surface area contributed by atoms with Crippen molar-refractivity contribution in [1.29, 1.82) is 0 Å². The van der Waals surface area contributed by atoms with Crippen molar-refractivity contribution in [3.63, 3.8) is 0 Å². The molecular weight excluding hydrogens is 360 g/mol. The van der Waals surface area contributed by atoms with Crippen molar-refractivity contribution in [2.75, 3.05) is 0 Å². The summed E-state index contributed by atoms with van der Waals surface area (Å²) in [6, 6.07) is 21.9. The van der Waals surface area contributed by atoms with E-state index in [9.17, 15) is 0 Å². The van der Waals surface area contributed by atoms with Gasteiger partial charge in [0.25, 0.3) is 0 Å². The maximum atomic E-state index is 2.41. The Labute approximate surface area is 182 Å². The van der Waals surface area contributed by atoms with Gasteiger partial charge in [0.15, 0.2) is 0 Å². The second kappa shape index (κ2) is 8.11. The third kappa shape index (κ3) is 3.45. The van der Waals surface area contributed by atoms with Crippen molar-refractivity contribution in [1.82, 2.24) is 0 Å². The van der Waals surface area contributed by atoms with Crippen LogP contribution in [0.5, 0.6) is 0 Å². The number of hydrogen-bond donors (Lipinski definition) is 0. The van der Waals surface area contributed by atoms with E-state index in [1.807, 2.05) is 0 Å². The Morgan fingerprint density at radius 3 is 2.03 bits per heavy atom. The van der Waals surface area contributed by atoms with Gasteiger partial charge in [0.05, 0.1) is 0 Å². The second-order valence-corrected chi connectivity index (χ2v) is 8.95. The van der Waals surface area contributed by atoms with Crippen molar-refractivity contribution >= 4 is 0 Å². The summed E-state index contributed by atoms with van der Waals surface area (Å²) in [6.45, 7) is 11.7. The van der Waals surface area contributed by atoms with Gasteiger partial charge in [-0.1, -0.05) is 98.8 Å². The first kappa shape index (κ1) is 20.4. The molecule has 2 atom stereocenters. The van der Waals surface area contributed by atoms with Crippen LogP contribution in [-0.2, 0) is 11.8 Å². The molecule has 152 valence electrons. The van der Waals surface area contributed by atoms with E-state index >= 15 is 0 Å². The van der Waals surface area contributed by atoms with Crippen molar-refractivity contribution in [2.24, 2.45) is 5.92 Å². The largest absolute Gasteiger partial charge is 0.0805 e. The van der Waals surface area contributed by atoms with Crippen LogP contribution in [0.2, 0.25) is 0 Å². The maximum Gasteiger partial charge on any atom is 0.0173 e. The predicted molar refractivity (Wildman–Crippen MR) is 130 cm³/mol. The highest BCUT2D eigenvalue weighted by Gasteiger charge is 2.36. The van der Waals surface area contributed by atoms with Gasteiger partial charge in [-0.05, 0) is 77.6 Å². The average molecular weight is 393 g/mol. The van der Waals surface area contributed by atoms with Crippen LogP contribution in [0.15, 0.2) is 85.0 Å². The Balaban J connectivity index is 2.07. The fourth-order valence-electron chi connectivity index (χ4n) is 5.08. The van der Waals surface area contributed by atoms with Crippen LogP contribution in [0.3, 0.4) is 0 Å². The predicted octanol–water partition coefficient (Wildman–Crippen LogP) is 7.89. The minimum absolute atomic E-state index is 0.0229. The molecule has 1 aliphatic rings. The van der Waals surface area contributed by atoms with Gasteiger partial charge in [-0.25, -0.2) is 0 Å². The molecule has 0 nitrogen and oxygen atoms in total. The van der Waals surface area contributed by atoms with E-state index in [1.54, 1.807) is 0 Å². The molecule has 0 heterocycles. The molecule has 2 unspecified atom stereocenters. The third-order valence-corrected chi connectivity index (χ3v) is 7.20. The van der Waals surface area contributed by atoms with Crippen LogP contribution >= 0.6 is 0 Å². The summed E-state index contributed by atoms with van der Waals surface area (Å²) in [5.41, 5.74) is 11.3. The highest BCUT2D eigenvalue weighted by Crippen LogP contribution is 2.46. The number of hydrogen-bond acceptors (Lipinski definition) is 0. The average Bonchev–Trinajstić information content (AvgIpc) is 2.76. The van der Waals surface area contributed by atoms with Crippen LogP contribution in [0.4, 0.5) is 0 Å². The molecule has 0 aromatic heterocycles. The maximum absolute atomic E-state index is 2.41. The lowest BCUT2D eigenvalue weighted by molar-refractivity contribution is 0.452. The van der Waals surface area contributed by atoms with E-state index in [0.29, 0.717) is 5.92 Å². The summed E-state index contributed by atoms with van der Waals surface area (Å²) in [5.74, 6) is 0.446. The third-order valence-electron chi connectivity index (χ3n) is 7.20. The van der Waals surface area contributed by atoms with Crippen LogP contribution < -0.4 is 0 Å². The Bertz CT molecular complexity index is 1100. The standard InChI is InChI=1S/C30H32/c1-21-14-12-13-19-30(21,5)29-24(4)22(2)23(3)28(26-17-10-7-11-18-26)27(29)20-25-15-8-6-9-16-25/h6-19,21H,20H2,1-5H3. The highest BCUT2D eigenvalue weighted by atomic mass is 14.4. The molecule has 0 fully saturated rings. The second-order valence-electron chi connectivity index (χ2n) is 8.95. The Morgan fingerprint density at radius 1 is 0.767 bits per heavy atom. The SMILES string of the molecule is Cc1c(C)c(-c2ccccc2)c(Cc2ccccc2)c(C2(C)C=CC=CC2C)c1C. The molecule has 0 bridgehead atoms. The van der Waals surface area contributed by atoms with Crippen LogP contribution in [0, 0.1) is 26.7 Å². The molecule has 0 radical (unpaired) electrons. The Morgan fingerprint density at radius 2 is 1.40 bits per heavy atom. The summed E-state index contributed by atoms with van der Waals surface area (Å²) in [6.07, 6.45) is 10.1. The van der Waals surface area contributed by atoms with Crippen LogP contribution in [0.25, 0.3) is 11.1 Å². The minimum atomic E-state index is -0.0229. The lowest BCUT2D eigenvalue weighted by Crippen LogP contribution is -2.31. The quantitative estimate of drug-likeness (QED) is 0.423. The van der Waals surface area contributed by atoms with E-state index in [1.165, 1.54) is 44.5 Å². The number of allylic oxidation sites excluding steroid dienone is 4. The molecule has 0 saturated heterocycles. The lowest BCUT2D eigenvalue weighted by atomic mass is 9.65. The van der Waals surface area contributed by atoms with Crippen molar-refractivity contribution in [3.8, 4) is 11.1 Å². The number of rotatable bonds is 4.